The van der Waals surface area contributed by atoms with Gasteiger partial charge >= 0.3 is 0 Å². The molecular formula is C19H21ClN2O4S. The summed E-state index contributed by atoms with van der Waals surface area (Å²) in [5.41, 5.74) is 0.920. The maximum Gasteiger partial charge on any atom is 0.296 e. The molecule has 0 saturated heterocycles. The summed E-state index contributed by atoms with van der Waals surface area (Å²) in [7, 11) is -3.85. The zero-order valence-electron chi connectivity index (χ0n) is 15.1. The minimum atomic E-state index is -3.85. The quantitative estimate of drug-likeness (QED) is 0.583. The Morgan fingerprint density at radius 1 is 1.11 bits per heavy atom. The molecule has 2 aromatic rings. The van der Waals surface area contributed by atoms with Crippen molar-refractivity contribution in [2.75, 3.05) is 23.4 Å². The van der Waals surface area contributed by atoms with Gasteiger partial charge in [0.15, 0.2) is 0 Å². The second kappa shape index (κ2) is 7.50. The number of para-hydroxylation sites is 2. The number of benzene rings is 2. The molecule has 0 aromatic heterocycles. The van der Waals surface area contributed by atoms with Crippen LogP contribution in [0.1, 0.15) is 20.3 Å². The summed E-state index contributed by atoms with van der Waals surface area (Å²) in [6, 6.07) is 13.3. The van der Waals surface area contributed by atoms with Gasteiger partial charge in [0.05, 0.1) is 22.9 Å². The Morgan fingerprint density at radius 3 is 2.48 bits per heavy atom. The van der Waals surface area contributed by atoms with Gasteiger partial charge in [-0.3, -0.25) is 8.98 Å². The van der Waals surface area contributed by atoms with Gasteiger partial charge in [0.25, 0.3) is 16.0 Å². The molecule has 1 N–H and O–H groups in total. The maximum atomic E-state index is 12.7. The average Bonchev–Trinajstić information content (AvgIpc) is 2.61. The van der Waals surface area contributed by atoms with Crippen molar-refractivity contribution in [1.29, 1.82) is 0 Å². The van der Waals surface area contributed by atoms with Gasteiger partial charge in [-0.15, -0.1) is 0 Å². The van der Waals surface area contributed by atoms with E-state index >= 15 is 0 Å². The number of carbonyl (C=O) groups excluding carboxylic acids is 1. The molecule has 0 spiro atoms. The monoisotopic (exact) mass is 408 g/mol. The van der Waals surface area contributed by atoms with Crippen molar-refractivity contribution < 1.29 is 17.4 Å². The molecule has 0 unspecified atom stereocenters. The topological polar surface area (TPSA) is 75.7 Å². The van der Waals surface area contributed by atoms with E-state index in [-0.39, 0.29) is 17.4 Å². The third-order valence-corrected chi connectivity index (χ3v) is 5.87. The number of halogens is 1. The van der Waals surface area contributed by atoms with E-state index < -0.39 is 15.7 Å². The average molecular weight is 409 g/mol. The van der Waals surface area contributed by atoms with Crippen molar-refractivity contribution in [3.63, 3.8) is 0 Å². The molecule has 27 heavy (non-hydrogen) atoms. The van der Waals surface area contributed by atoms with Crippen LogP contribution in [0.4, 0.5) is 11.4 Å². The Morgan fingerprint density at radius 2 is 1.78 bits per heavy atom. The predicted octanol–water partition coefficient (Wildman–Crippen LogP) is 3.67. The van der Waals surface area contributed by atoms with E-state index in [9.17, 15) is 13.2 Å². The highest BCUT2D eigenvalue weighted by Gasteiger charge is 2.38. The van der Waals surface area contributed by atoms with Gasteiger partial charge in [0.2, 0.25) is 0 Å². The number of amides is 1. The molecular weight excluding hydrogens is 388 g/mol. The predicted molar refractivity (Wildman–Crippen MR) is 106 cm³/mol. The van der Waals surface area contributed by atoms with E-state index in [1.807, 2.05) is 38.1 Å². The smallest absolute Gasteiger partial charge is 0.296 e. The van der Waals surface area contributed by atoms with E-state index in [2.05, 4.69) is 5.32 Å². The lowest BCUT2D eigenvalue weighted by atomic mass is 9.98. The summed E-state index contributed by atoms with van der Waals surface area (Å²) in [5.74, 6) is -0.0678. The largest absolute Gasteiger partial charge is 0.370 e. The van der Waals surface area contributed by atoms with Crippen LogP contribution in [0.2, 0.25) is 5.02 Å². The summed E-state index contributed by atoms with van der Waals surface area (Å²) in [4.78, 5) is 14.5. The molecule has 3 rings (SSSR count). The van der Waals surface area contributed by atoms with Crippen LogP contribution in [0.15, 0.2) is 53.4 Å². The number of carbonyl (C=O) groups is 1. The summed E-state index contributed by atoms with van der Waals surface area (Å²) >= 11 is 5.77. The van der Waals surface area contributed by atoms with Crippen LogP contribution in [-0.2, 0) is 19.1 Å². The van der Waals surface area contributed by atoms with Gasteiger partial charge in [-0.05, 0) is 56.7 Å². The molecule has 0 aliphatic carbocycles. The number of fused-ring (bicyclic) bond motifs is 1. The number of rotatable bonds is 6. The van der Waals surface area contributed by atoms with Crippen molar-refractivity contribution in [3.05, 3.63) is 53.6 Å². The van der Waals surface area contributed by atoms with Gasteiger partial charge in [-0.25, -0.2) is 0 Å². The van der Waals surface area contributed by atoms with Crippen LogP contribution in [-0.4, -0.2) is 33.0 Å². The first kappa shape index (κ1) is 19.7. The molecule has 1 heterocycles. The van der Waals surface area contributed by atoms with E-state index in [4.69, 9.17) is 15.8 Å². The van der Waals surface area contributed by atoms with E-state index in [1.54, 1.807) is 4.90 Å². The zero-order valence-corrected chi connectivity index (χ0v) is 16.7. The molecule has 0 saturated carbocycles. The molecule has 0 fully saturated rings. The lowest BCUT2D eigenvalue weighted by Crippen LogP contribution is -2.54. The molecule has 1 aliphatic rings. The Labute approximate surface area is 164 Å². The fourth-order valence-electron chi connectivity index (χ4n) is 2.93. The number of hydrogen-bond acceptors (Lipinski definition) is 5. The third-order valence-electron chi connectivity index (χ3n) is 4.29. The fourth-order valence-corrected chi connectivity index (χ4v) is 4.00. The third kappa shape index (κ3) is 4.26. The lowest BCUT2D eigenvalue weighted by molar-refractivity contribution is -0.122. The summed E-state index contributed by atoms with van der Waals surface area (Å²) in [6.07, 6.45) is 0.378. The van der Waals surface area contributed by atoms with Gasteiger partial charge in [-0.1, -0.05) is 23.7 Å². The lowest BCUT2D eigenvalue weighted by Gasteiger charge is -2.40. The first-order valence-corrected chi connectivity index (χ1v) is 10.3. The van der Waals surface area contributed by atoms with Crippen LogP contribution in [0, 0.1) is 0 Å². The summed E-state index contributed by atoms with van der Waals surface area (Å²) in [5, 5.41) is 3.68. The minimum absolute atomic E-state index is 0.0231. The van der Waals surface area contributed by atoms with Crippen molar-refractivity contribution >= 4 is 39.0 Å². The van der Waals surface area contributed by atoms with Gasteiger partial charge in [0, 0.05) is 11.6 Å². The first-order chi connectivity index (χ1) is 12.7. The highest BCUT2D eigenvalue weighted by Crippen LogP contribution is 2.35. The molecule has 8 heteroatoms. The molecule has 6 nitrogen and oxygen atoms in total. The molecule has 0 bridgehead atoms. The molecule has 0 radical (unpaired) electrons. The SMILES string of the molecule is CC1(C)Nc2ccccc2N(CCCOS(=O)(=O)c2ccc(Cl)cc2)C1=O. The second-order valence-electron chi connectivity index (χ2n) is 6.81. The Balaban J connectivity index is 1.65. The van der Waals surface area contributed by atoms with Crippen molar-refractivity contribution in [2.45, 2.75) is 30.7 Å². The van der Waals surface area contributed by atoms with Gasteiger partial charge < -0.3 is 10.2 Å². The van der Waals surface area contributed by atoms with Crippen LogP contribution in [0.25, 0.3) is 0 Å². The highest BCUT2D eigenvalue weighted by molar-refractivity contribution is 7.86. The van der Waals surface area contributed by atoms with Crippen LogP contribution in [0.3, 0.4) is 0 Å². The van der Waals surface area contributed by atoms with E-state index in [0.29, 0.717) is 18.0 Å². The molecule has 2 aromatic carbocycles. The number of nitrogens with one attached hydrogen (secondary N) is 1. The van der Waals surface area contributed by atoms with Crippen LogP contribution in [0.5, 0.6) is 0 Å². The number of nitrogens with zero attached hydrogens (tertiary/aromatic N) is 1. The molecule has 1 amide bonds. The Kier molecular flexibility index (Phi) is 5.46. The standard InChI is InChI=1S/C19H21ClN2O4S/c1-19(2)18(23)22(17-7-4-3-6-16(17)21-19)12-5-13-26-27(24,25)15-10-8-14(20)9-11-15/h3-4,6-11,21H,5,12-13H2,1-2H3. The van der Waals surface area contributed by atoms with E-state index in [1.165, 1.54) is 24.3 Å². The number of hydrogen-bond donors (Lipinski definition) is 1. The minimum Gasteiger partial charge on any atom is -0.370 e. The number of anilines is 2. The van der Waals surface area contributed by atoms with E-state index in [0.717, 1.165) is 11.4 Å². The molecule has 144 valence electrons. The summed E-state index contributed by atoms with van der Waals surface area (Å²) in [6.45, 7) is 3.97. The zero-order chi connectivity index (χ0) is 19.7. The van der Waals surface area contributed by atoms with Gasteiger partial charge in [-0.2, -0.15) is 8.42 Å². The maximum absolute atomic E-state index is 12.7. The van der Waals surface area contributed by atoms with Crippen molar-refractivity contribution in [2.24, 2.45) is 0 Å². The highest BCUT2D eigenvalue weighted by atomic mass is 35.5. The van der Waals surface area contributed by atoms with Crippen LogP contribution < -0.4 is 10.2 Å². The molecule has 1 aliphatic heterocycles. The van der Waals surface area contributed by atoms with Crippen molar-refractivity contribution in [1.82, 2.24) is 0 Å². The fraction of sp³-hybridized carbons (Fsp3) is 0.316. The first-order valence-electron chi connectivity index (χ1n) is 8.55. The second-order valence-corrected chi connectivity index (χ2v) is 8.86. The molecule has 0 atom stereocenters. The van der Waals surface area contributed by atoms with Crippen LogP contribution >= 0.6 is 11.6 Å². The Hall–Kier alpha value is -2.09. The Bertz CT molecular complexity index is 942. The summed E-state index contributed by atoms with van der Waals surface area (Å²) < 4.78 is 29.5. The van der Waals surface area contributed by atoms with Gasteiger partial charge in [0.1, 0.15) is 5.54 Å². The van der Waals surface area contributed by atoms with Crippen molar-refractivity contribution in [3.8, 4) is 0 Å². The normalized spacial score (nSPS) is 16.0.